The lowest BCUT2D eigenvalue weighted by molar-refractivity contribution is -0.144. The average Bonchev–Trinajstić information content (AvgIpc) is 0.824. The highest BCUT2D eigenvalue weighted by Crippen LogP contribution is 2.35. The number of carbonyl (C=O) groups excluding carboxylic acids is 16. The summed E-state index contributed by atoms with van der Waals surface area (Å²) >= 11 is 0. The lowest BCUT2D eigenvalue weighted by atomic mass is 9.79. The molecule has 0 spiro atoms. The van der Waals surface area contributed by atoms with E-state index in [1.54, 1.807) is 110 Å². The molecule has 0 bridgehead atoms. The zero-order valence-electron chi connectivity index (χ0n) is 102. The van der Waals surface area contributed by atoms with Crippen LogP contribution in [0.2, 0.25) is 0 Å². The summed E-state index contributed by atoms with van der Waals surface area (Å²) in [5, 5.41) is 37.5. The summed E-state index contributed by atoms with van der Waals surface area (Å²) in [6.45, 7) is 90.8. The van der Waals surface area contributed by atoms with Crippen molar-refractivity contribution in [1.82, 2.24) is 61.7 Å². The fourth-order valence-electron chi connectivity index (χ4n) is 11.7. The van der Waals surface area contributed by atoms with Gasteiger partial charge in [-0.15, -0.1) is 0 Å². The average molecular weight is 2050 g/mol. The van der Waals surface area contributed by atoms with Crippen LogP contribution in [0.3, 0.4) is 0 Å². The predicted molar refractivity (Wildman–Crippen MR) is 593 cm³/mol. The van der Waals surface area contributed by atoms with Crippen molar-refractivity contribution in [3.63, 3.8) is 0 Å². The summed E-state index contributed by atoms with van der Waals surface area (Å²) in [6.07, 6.45) is 13.3. The highest BCUT2D eigenvalue weighted by atomic mass is 16.3. The smallest absolute Gasteiger partial charge is 0.241 e. The van der Waals surface area contributed by atoms with Gasteiger partial charge in [0.05, 0.1) is 29.8 Å². The maximum atomic E-state index is 12.1. The number of nitrogens with two attached hydrogens (primary N) is 1. The lowest BCUT2D eigenvalue weighted by Crippen LogP contribution is -2.51. The van der Waals surface area contributed by atoms with Crippen LogP contribution in [0.1, 0.15) is 439 Å². The van der Waals surface area contributed by atoms with Gasteiger partial charge >= 0.3 is 0 Å². The summed E-state index contributed by atoms with van der Waals surface area (Å²) in [7, 11) is 13.5. The Bertz CT molecular complexity index is 3800. The molecular formula is C113H225N13O18. The van der Waals surface area contributed by atoms with Crippen molar-refractivity contribution in [3.8, 4) is 0 Å². The number of nitrogens with zero attached hydrogens (tertiary/aromatic N) is 5. The molecule has 0 aliphatic heterocycles. The van der Waals surface area contributed by atoms with Gasteiger partial charge in [0.25, 0.3) is 0 Å². The molecule has 144 heavy (non-hydrogen) atoms. The van der Waals surface area contributed by atoms with Gasteiger partial charge in [0, 0.05) is 188 Å². The van der Waals surface area contributed by atoms with Crippen molar-refractivity contribution in [2.75, 3.05) is 109 Å². The number of hydrogen-bond acceptors (Lipinski definition) is 18. The largest absolute Gasteiger partial charge is 0.396 e. The van der Waals surface area contributed by atoms with Crippen molar-refractivity contribution in [2.45, 2.75) is 456 Å². The second-order valence-corrected chi connectivity index (χ2v) is 54.1. The third-order valence-corrected chi connectivity index (χ3v) is 22.5. The molecular weight excluding hydrogens is 1830 g/mol. The first-order chi connectivity index (χ1) is 63.9. The molecule has 0 fully saturated rings. The topological polar surface area (TPSA) is 440 Å². The van der Waals surface area contributed by atoms with Crippen molar-refractivity contribution in [3.05, 3.63) is 0 Å². The molecule has 0 rings (SSSR count). The highest BCUT2D eigenvalue weighted by molar-refractivity contribution is 5.93. The Kier molecular flexibility index (Phi) is 74.0. The van der Waals surface area contributed by atoms with Crippen LogP contribution in [0.4, 0.5) is 0 Å². The second kappa shape index (κ2) is 69.4. The van der Waals surface area contributed by atoms with Crippen LogP contribution in [0, 0.1) is 70.4 Å². The first-order valence-electron chi connectivity index (χ1n) is 52.1. The Labute approximate surface area is 879 Å². The zero-order valence-corrected chi connectivity index (χ0v) is 102. The number of rotatable bonds is 43. The molecule has 31 heteroatoms. The summed E-state index contributed by atoms with van der Waals surface area (Å²) < 4.78 is 0. The molecule has 0 atom stereocenters. The Hall–Kier alpha value is -7.96. The molecule has 850 valence electrons. The predicted octanol–water partition coefficient (Wildman–Crippen LogP) is 18.2. The van der Waals surface area contributed by atoms with Gasteiger partial charge < -0.3 is 77.7 Å². The zero-order chi connectivity index (χ0) is 117. The van der Waals surface area contributed by atoms with Gasteiger partial charge in [-0.25, -0.2) is 0 Å². The fourth-order valence-corrected chi connectivity index (χ4v) is 11.7. The van der Waals surface area contributed by atoms with E-state index in [1.807, 2.05) is 173 Å². The minimum Gasteiger partial charge on any atom is -0.396 e. The quantitative estimate of drug-likeness (QED) is 0.0253. The van der Waals surface area contributed by atoms with E-state index in [9.17, 15) is 81.8 Å². The SMILES string of the molecule is CC(C)(C)CC(=O)NCCC(C)(C)O.CC(C)(C)CCC(C)(C)C(=O)NCCC(N)=O.CC(C)(C)CCC(C)(C)C(=O)NCCCO.CCC(=O)C(C)(C)N(C)C(=O)CC(C)(C)C.CCC(=O)C(C)(C)NC(=O)CC(C)(C)C.CCC(=O)CN(C)C(=O)CC(C)(C)C.CN(C)C(=O)CCNC(=O)C(C)(C)CCC(C)(C)C.CN(C)C(=O)CN(C)C(=O)CC(C)(C)C.CNC(=O)CCNC(=O)C(C)(C)CCC(C)(C)C. The van der Waals surface area contributed by atoms with Crippen molar-refractivity contribution in [2.24, 2.45) is 76.1 Å². The molecule has 0 aromatic carbocycles. The van der Waals surface area contributed by atoms with Crippen molar-refractivity contribution in [1.29, 1.82) is 0 Å². The lowest BCUT2D eigenvalue weighted by Gasteiger charge is -2.35. The molecule has 0 saturated heterocycles. The molecule has 0 aliphatic rings. The maximum Gasteiger partial charge on any atom is 0.241 e. The van der Waals surface area contributed by atoms with Crippen molar-refractivity contribution >= 4 is 94.1 Å². The Balaban J connectivity index is -0.000000204. The number of Topliss-reactive ketones (excluding diaryl/α,β-unsaturated/α-hetero) is 3. The van der Waals surface area contributed by atoms with Gasteiger partial charge in [0.2, 0.25) is 76.8 Å². The first kappa shape index (κ1) is 154. The minimum atomic E-state index is -0.739. The van der Waals surface area contributed by atoms with E-state index in [0.29, 0.717) is 110 Å². The van der Waals surface area contributed by atoms with E-state index >= 15 is 0 Å². The van der Waals surface area contributed by atoms with Crippen LogP contribution in [-0.4, -0.2) is 254 Å². The molecule has 0 radical (unpaired) electrons. The normalized spacial score (nSPS) is 12.1. The van der Waals surface area contributed by atoms with E-state index in [-0.39, 0.29) is 179 Å². The van der Waals surface area contributed by atoms with Gasteiger partial charge in [-0.05, 0) is 154 Å². The number of aliphatic hydroxyl groups is 2. The Morgan fingerprint density at radius 2 is 0.583 bits per heavy atom. The number of primary amides is 1. The molecule has 0 aromatic heterocycles. The summed E-state index contributed by atoms with van der Waals surface area (Å²) in [6, 6.07) is 0. The highest BCUT2D eigenvalue weighted by Gasteiger charge is 2.38. The van der Waals surface area contributed by atoms with Gasteiger partial charge in [0.1, 0.15) is 0 Å². The number of carbonyl (C=O) groups is 16. The summed E-state index contributed by atoms with van der Waals surface area (Å²) in [4.78, 5) is 192. The second-order valence-electron chi connectivity index (χ2n) is 54.1. The maximum absolute atomic E-state index is 12.1. The number of hydrogen-bond donors (Lipinski definition) is 10. The molecule has 11 N–H and O–H groups in total. The van der Waals surface area contributed by atoms with E-state index < -0.39 is 28.0 Å². The van der Waals surface area contributed by atoms with Crippen LogP contribution < -0.4 is 43.0 Å². The molecule has 0 aliphatic carbocycles. The van der Waals surface area contributed by atoms with E-state index in [4.69, 9.17) is 10.8 Å². The molecule has 31 nitrogen and oxygen atoms in total. The first-order valence-corrected chi connectivity index (χ1v) is 52.1. The molecule has 0 aromatic rings. The third kappa shape index (κ3) is 95.0. The minimum absolute atomic E-state index is 0.0111. The Morgan fingerprint density at radius 3 is 0.854 bits per heavy atom. The fraction of sp³-hybridized carbons (Fsp3) is 0.858. The number of ketones is 3. The van der Waals surface area contributed by atoms with E-state index in [1.165, 1.54) is 19.6 Å². The molecule has 13 amide bonds. The van der Waals surface area contributed by atoms with Gasteiger partial charge in [-0.1, -0.05) is 263 Å². The van der Waals surface area contributed by atoms with Gasteiger partial charge in [-0.2, -0.15) is 0 Å². The van der Waals surface area contributed by atoms with Crippen molar-refractivity contribution < 1.29 is 86.9 Å². The number of nitrogens with one attached hydrogen (secondary N) is 7. The molecule has 0 heterocycles. The molecule has 0 saturated carbocycles. The Morgan fingerprint density at radius 1 is 0.292 bits per heavy atom. The van der Waals surface area contributed by atoms with Crippen LogP contribution in [0.15, 0.2) is 0 Å². The van der Waals surface area contributed by atoms with Gasteiger partial charge in [-0.3, -0.25) is 76.7 Å². The van der Waals surface area contributed by atoms with E-state index in [2.05, 4.69) is 120 Å². The van der Waals surface area contributed by atoms with Crippen LogP contribution in [0.5, 0.6) is 0 Å². The molecule has 0 unspecified atom stereocenters. The van der Waals surface area contributed by atoms with Crippen LogP contribution in [-0.2, 0) is 76.7 Å². The van der Waals surface area contributed by atoms with E-state index in [0.717, 1.165) is 51.4 Å². The van der Waals surface area contributed by atoms with Crippen LogP contribution in [0.25, 0.3) is 0 Å². The summed E-state index contributed by atoms with van der Waals surface area (Å²) in [5.74, 6) is 0.00411. The monoisotopic (exact) mass is 2050 g/mol. The summed E-state index contributed by atoms with van der Waals surface area (Å²) in [5.41, 5.74) is 2.25. The van der Waals surface area contributed by atoms with Gasteiger partial charge in [0.15, 0.2) is 17.3 Å². The third-order valence-electron chi connectivity index (χ3n) is 22.5. The number of aliphatic hydroxyl groups excluding tert-OH is 1. The number of likely N-dealkylation sites (N-methyl/N-ethyl adjacent to an activating group) is 4. The number of amides is 13. The van der Waals surface area contributed by atoms with Crippen LogP contribution >= 0.6 is 0 Å². The standard InChI is InChI=1S/C15H30N2O2.C14H28N2O2.C13H26N2O2.C13H27NO2.C13H25NO2.C12H23NO2.C11H22N2O2.C11H23NO2.C11H21NO2/c1-14(2,3)9-10-15(4,5)13(19)16-11-8-12(18)17(6)7;1-13(2,3)8-9-14(4,5)12(18)16-10-7-11(17)15-6;1-12(2,3)7-8-13(4,5)11(17)15-9-6-10(14)16;1-12(2,3)7-8-13(4,5)11(16)14-9-6-10-15;1-8-10(15)13(5,6)14(7)11(16)9-12(2,3)4;1-7-9(14)12(5,6)13-10(15)8-11(2,3)4;1-11(2,3)7-9(14)13(6)8-10(15)12(4)5;1-10(2,3)8-9(13)12-7-6-11(4,5)14;1-6-9(13)8-12(5)10(14)7-11(2,3)4/h8-11H2,1-7H3,(H,16,19);7-10H2,1-6H3,(H,15,17)(H,16,18);6-9H2,1-5H3,(H2,14,16)(H,15,17);15H,6-10H2,1-5H3,(H,14,16);8-9H2,1-7H3;7-8H2,1-6H3,(H,13,15);7-8H2,1-6H3;14H,6-8H2,1-5H3,(H,12,13);6-8H2,1-5H3.